The molecule has 2 aromatic rings. The minimum Gasteiger partial charge on any atom is -0.479 e. The molecular weight excluding hydrogens is 336 g/mol. The molecule has 4 N–H and O–H groups in total. The maximum atomic E-state index is 11.5. The fourth-order valence-electron chi connectivity index (χ4n) is 2.66. The Balaban J connectivity index is 1.89. The van der Waals surface area contributed by atoms with Gasteiger partial charge in [0.25, 0.3) is 0 Å². The largest absolute Gasteiger partial charge is 0.479 e. The third-order valence-electron chi connectivity index (χ3n) is 3.99. The summed E-state index contributed by atoms with van der Waals surface area (Å²) in [5, 5.41) is 39.1. The summed E-state index contributed by atoms with van der Waals surface area (Å²) < 4.78 is 15.5. The summed E-state index contributed by atoms with van der Waals surface area (Å²) in [6.07, 6.45) is -8.53. The lowest BCUT2D eigenvalue weighted by Crippen LogP contribution is -2.61. The maximum Gasteiger partial charge on any atom is 0.336 e. The van der Waals surface area contributed by atoms with E-state index in [0.29, 0.717) is 10.9 Å². The predicted octanol–water partition coefficient (Wildman–Crippen LogP) is -0.628. The molecule has 25 heavy (non-hydrogen) atoms. The van der Waals surface area contributed by atoms with E-state index in [4.69, 9.17) is 19.0 Å². The molecule has 0 saturated carbocycles. The summed E-state index contributed by atoms with van der Waals surface area (Å²) in [5.41, 5.74) is 0.403. The molecule has 0 spiro atoms. The van der Waals surface area contributed by atoms with Crippen molar-refractivity contribution in [2.45, 2.75) is 37.6 Å². The molecule has 1 aromatic carbocycles. The van der Waals surface area contributed by atoms with E-state index in [2.05, 4.69) is 0 Å². The highest BCUT2D eigenvalue weighted by atomic mass is 16.7. The molecule has 0 radical (unpaired) electrons. The van der Waals surface area contributed by atoms with Crippen molar-refractivity contribution >= 4 is 16.9 Å². The van der Waals surface area contributed by atoms with Gasteiger partial charge in [0, 0.05) is 17.5 Å². The number of aliphatic hydroxyl groups excluding tert-OH is 3. The number of carboxylic acid groups (broad SMARTS) is 1. The number of aliphatic carboxylic acids is 1. The van der Waals surface area contributed by atoms with E-state index in [1.807, 2.05) is 0 Å². The first kappa shape index (κ1) is 17.4. The molecule has 0 bridgehead atoms. The molecule has 9 heteroatoms. The SMILES string of the molecule is Cc1cc(=O)oc2cc(O[C@@H]3O[C@H](C(=O)O)[C@@H](O)[C@@H](O)[C@@H]3O)ccc12. The van der Waals surface area contributed by atoms with Crippen molar-refractivity contribution < 1.29 is 39.1 Å². The molecular formula is C16H16O9. The molecule has 134 valence electrons. The Morgan fingerprint density at radius 2 is 1.84 bits per heavy atom. The fraction of sp³-hybridized carbons (Fsp3) is 0.375. The van der Waals surface area contributed by atoms with Crippen LogP contribution in [0, 0.1) is 6.92 Å². The number of fused-ring (bicyclic) bond motifs is 1. The molecule has 0 unspecified atom stereocenters. The molecule has 1 fully saturated rings. The van der Waals surface area contributed by atoms with Crippen LogP contribution in [-0.2, 0) is 9.53 Å². The Labute approximate surface area is 140 Å². The molecule has 0 amide bonds. The number of benzene rings is 1. The van der Waals surface area contributed by atoms with Gasteiger partial charge in [0.1, 0.15) is 29.6 Å². The second kappa shape index (κ2) is 6.45. The van der Waals surface area contributed by atoms with E-state index in [9.17, 15) is 24.9 Å². The zero-order valence-corrected chi connectivity index (χ0v) is 13.0. The molecule has 5 atom stereocenters. The van der Waals surface area contributed by atoms with Crippen LogP contribution in [0.15, 0.2) is 33.5 Å². The van der Waals surface area contributed by atoms with Crippen molar-refractivity contribution in [2.75, 3.05) is 0 Å². The van der Waals surface area contributed by atoms with Crippen LogP contribution >= 0.6 is 0 Å². The average Bonchev–Trinajstić information content (AvgIpc) is 2.54. The van der Waals surface area contributed by atoms with Crippen molar-refractivity contribution in [2.24, 2.45) is 0 Å². The van der Waals surface area contributed by atoms with Crippen molar-refractivity contribution in [3.05, 3.63) is 40.2 Å². The number of aliphatic hydroxyl groups is 3. The summed E-state index contributed by atoms with van der Waals surface area (Å²) >= 11 is 0. The summed E-state index contributed by atoms with van der Waals surface area (Å²) in [6.45, 7) is 1.74. The predicted molar refractivity (Wildman–Crippen MR) is 82.2 cm³/mol. The van der Waals surface area contributed by atoms with Gasteiger partial charge in [0.05, 0.1) is 0 Å². The Bertz CT molecular complexity index is 858. The van der Waals surface area contributed by atoms with Gasteiger partial charge in [-0.1, -0.05) is 0 Å². The van der Waals surface area contributed by atoms with Crippen LogP contribution in [0.3, 0.4) is 0 Å². The van der Waals surface area contributed by atoms with E-state index >= 15 is 0 Å². The average molecular weight is 352 g/mol. The molecule has 1 aliphatic heterocycles. The van der Waals surface area contributed by atoms with Crippen molar-refractivity contribution in [1.82, 2.24) is 0 Å². The van der Waals surface area contributed by atoms with Crippen LogP contribution < -0.4 is 10.4 Å². The summed E-state index contributed by atoms with van der Waals surface area (Å²) in [4.78, 5) is 22.5. The maximum absolute atomic E-state index is 11.5. The Morgan fingerprint density at radius 1 is 1.12 bits per heavy atom. The van der Waals surface area contributed by atoms with Gasteiger partial charge in [-0.25, -0.2) is 9.59 Å². The van der Waals surface area contributed by atoms with Crippen LogP contribution in [0.25, 0.3) is 11.0 Å². The van der Waals surface area contributed by atoms with E-state index in [-0.39, 0.29) is 11.3 Å². The van der Waals surface area contributed by atoms with E-state index in [0.717, 1.165) is 0 Å². The van der Waals surface area contributed by atoms with E-state index < -0.39 is 42.3 Å². The van der Waals surface area contributed by atoms with Gasteiger partial charge in [-0.15, -0.1) is 0 Å². The number of carbonyl (C=O) groups is 1. The van der Waals surface area contributed by atoms with E-state index in [1.165, 1.54) is 18.2 Å². The molecule has 9 nitrogen and oxygen atoms in total. The topological polar surface area (TPSA) is 147 Å². The highest BCUT2D eigenvalue weighted by Crippen LogP contribution is 2.27. The number of hydrogen-bond donors (Lipinski definition) is 4. The molecule has 1 aliphatic rings. The molecule has 0 aliphatic carbocycles. The van der Waals surface area contributed by atoms with Crippen molar-refractivity contribution in [1.29, 1.82) is 0 Å². The Morgan fingerprint density at radius 3 is 2.52 bits per heavy atom. The number of rotatable bonds is 3. The number of hydrogen-bond acceptors (Lipinski definition) is 8. The van der Waals surface area contributed by atoms with Crippen LogP contribution in [0.5, 0.6) is 5.75 Å². The van der Waals surface area contributed by atoms with Crippen molar-refractivity contribution in [3.63, 3.8) is 0 Å². The zero-order chi connectivity index (χ0) is 18.3. The van der Waals surface area contributed by atoms with Crippen LogP contribution in [0.2, 0.25) is 0 Å². The fourth-order valence-corrected chi connectivity index (χ4v) is 2.66. The van der Waals surface area contributed by atoms with Crippen LogP contribution in [0.1, 0.15) is 5.56 Å². The Kier molecular flexibility index (Phi) is 4.48. The van der Waals surface area contributed by atoms with Gasteiger partial charge in [-0.05, 0) is 24.6 Å². The lowest BCUT2D eigenvalue weighted by Gasteiger charge is -2.38. The van der Waals surface area contributed by atoms with Gasteiger partial charge >= 0.3 is 11.6 Å². The second-order valence-electron chi connectivity index (χ2n) is 5.76. The first-order chi connectivity index (χ1) is 11.8. The molecule has 3 rings (SSSR count). The Hall–Kier alpha value is -2.46. The monoisotopic (exact) mass is 352 g/mol. The number of carboxylic acids is 1. The third-order valence-corrected chi connectivity index (χ3v) is 3.99. The molecule has 2 heterocycles. The zero-order valence-electron chi connectivity index (χ0n) is 13.0. The first-order valence-electron chi connectivity index (χ1n) is 7.41. The van der Waals surface area contributed by atoms with Gasteiger partial charge in [-0.3, -0.25) is 0 Å². The summed E-state index contributed by atoms with van der Waals surface area (Å²) in [7, 11) is 0. The van der Waals surface area contributed by atoms with Gasteiger partial charge in [0.15, 0.2) is 6.10 Å². The standard InChI is InChI=1S/C16H16O9/c1-6-4-10(17)24-9-5-7(2-3-8(6)9)23-16-13(20)11(18)12(19)14(25-16)15(21)22/h2-5,11-14,16,18-20H,1H3,(H,21,22)/t11-,12+,13+,14+,16-/m1/s1. The highest BCUT2D eigenvalue weighted by Gasteiger charge is 2.48. The minimum absolute atomic E-state index is 0.123. The summed E-state index contributed by atoms with van der Waals surface area (Å²) in [6, 6.07) is 5.86. The van der Waals surface area contributed by atoms with Gasteiger partial charge in [-0.2, -0.15) is 0 Å². The van der Waals surface area contributed by atoms with Crippen molar-refractivity contribution in [3.8, 4) is 5.75 Å². The number of ether oxygens (including phenoxy) is 2. The molecule has 1 aromatic heterocycles. The highest BCUT2D eigenvalue weighted by molar-refractivity contribution is 5.81. The summed E-state index contributed by atoms with van der Waals surface area (Å²) in [5.74, 6) is -1.38. The van der Waals surface area contributed by atoms with Gasteiger partial charge in [0.2, 0.25) is 6.29 Å². The molecule has 1 saturated heterocycles. The lowest BCUT2D eigenvalue weighted by molar-refractivity contribution is -0.271. The van der Waals surface area contributed by atoms with Crippen LogP contribution in [0.4, 0.5) is 0 Å². The van der Waals surface area contributed by atoms with Gasteiger partial charge < -0.3 is 34.3 Å². The normalized spacial score (nSPS) is 29.5. The first-order valence-corrected chi connectivity index (χ1v) is 7.41. The number of aryl methyl sites for hydroxylation is 1. The minimum atomic E-state index is -1.80. The second-order valence-corrected chi connectivity index (χ2v) is 5.76. The smallest absolute Gasteiger partial charge is 0.336 e. The third kappa shape index (κ3) is 3.22. The van der Waals surface area contributed by atoms with Crippen LogP contribution in [-0.4, -0.2) is 57.1 Å². The lowest BCUT2D eigenvalue weighted by atomic mass is 9.99. The quantitative estimate of drug-likeness (QED) is 0.530. The van der Waals surface area contributed by atoms with E-state index in [1.54, 1.807) is 13.0 Å².